The maximum Gasteiger partial charge on any atom is 0.247 e. The first kappa shape index (κ1) is 22.1. The van der Waals surface area contributed by atoms with E-state index in [-0.39, 0.29) is 24.8 Å². The molecule has 30 heavy (non-hydrogen) atoms. The first-order valence-electron chi connectivity index (χ1n) is 9.71. The summed E-state index contributed by atoms with van der Waals surface area (Å²) in [6.45, 7) is 4.96. The van der Waals surface area contributed by atoms with Gasteiger partial charge in [-0.3, -0.25) is 15.0 Å². The van der Waals surface area contributed by atoms with Crippen molar-refractivity contribution in [1.29, 1.82) is 0 Å². The zero-order chi connectivity index (χ0) is 21.7. The first-order chi connectivity index (χ1) is 14.3. The van der Waals surface area contributed by atoms with Crippen LogP contribution >= 0.6 is 0 Å². The van der Waals surface area contributed by atoms with Crippen LogP contribution in [0.5, 0.6) is 0 Å². The van der Waals surface area contributed by atoms with Crippen molar-refractivity contribution in [2.45, 2.75) is 13.8 Å². The second-order valence-electron chi connectivity index (χ2n) is 7.50. The molecule has 2 N–H and O–H groups in total. The summed E-state index contributed by atoms with van der Waals surface area (Å²) in [7, 11) is -3.64. The maximum atomic E-state index is 12.8. The van der Waals surface area contributed by atoms with Crippen LogP contribution in [0.4, 0.5) is 5.95 Å². The molecule has 0 saturated carbocycles. The standard InChI is InChI=1S/C19H26N6O4S/c1-14(2)17(18(26)23-27)13-30(28,29)25-8-6-24(7-9-25)19-21-11-16(12-22-19)15-4-3-5-20-10-15/h3-5,10-12,14,17,27H,6-9,13H2,1-2H3,(H,23,26). The molecule has 1 atom stereocenters. The van der Waals surface area contributed by atoms with Crippen LogP contribution in [0.3, 0.4) is 0 Å². The molecule has 162 valence electrons. The number of nitrogens with zero attached hydrogens (tertiary/aromatic N) is 5. The Hall–Kier alpha value is -2.63. The second-order valence-corrected chi connectivity index (χ2v) is 9.52. The molecule has 1 fully saturated rings. The molecule has 0 spiro atoms. The summed E-state index contributed by atoms with van der Waals surface area (Å²) in [4.78, 5) is 26.6. The Kier molecular flexibility index (Phi) is 6.95. The topological polar surface area (TPSA) is 129 Å². The van der Waals surface area contributed by atoms with E-state index in [4.69, 9.17) is 5.21 Å². The van der Waals surface area contributed by atoms with Crippen LogP contribution in [0.2, 0.25) is 0 Å². The molecule has 2 aromatic rings. The van der Waals surface area contributed by atoms with E-state index in [0.29, 0.717) is 19.0 Å². The van der Waals surface area contributed by atoms with Crippen molar-refractivity contribution in [1.82, 2.24) is 24.7 Å². The van der Waals surface area contributed by atoms with Gasteiger partial charge in [0.15, 0.2) is 0 Å². The molecule has 1 saturated heterocycles. The van der Waals surface area contributed by atoms with Crippen LogP contribution in [0, 0.1) is 11.8 Å². The Balaban J connectivity index is 1.62. The lowest BCUT2D eigenvalue weighted by atomic mass is 9.97. The summed E-state index contributed by atoms with van der Waals surface area (Å²) >= 11 is 0. The number of anilines is 1. The fourth-order valence-corrected chi connectivity index (χ4v) is 5.24. The molecule has 0 bridgehead atoms. The fourth-order valence-electron chi connectivity index (χ4n) is 3.32. The zero-order valence-corrected chi connectivity index (χ0v) is 17.8. The zero-order valence-electron chi connectivity index (χ0n) is 17.0. The number of rotatable bonds is 7. The molecule has 0 aliphatic carbocycles. The monoisotopic (exact) mass is 434 g/mol. The van der Waals surface area contributed by atoms with Crippen LogP contribution in [-0.4, -0.2) is 70.7 Å². The van der Waals surface area contributed by atoms with Crippen LogP contribution in [0.15, 0.2) is 36.9 Å². The number of carbonyl (C=O) groups excluding carboxylic acids is 1. The molecule has 1 amide bonds. The van der Waals surface area contributed by atoms with Crippen molar-refractivity contribution in [3.05, 3.63) is 36.9 Å². The van der Waals surface area contributed by atoms with Crippen LogP contribution in [0.1, 0.15) is 13.8 Å². The number of carbonyl (C=O) groups is 1. The van der Waals surface area contributed by atoms with E-state index in [1.54, 1.807) is 44.1 Å². The van der Waals surface area contributed by atoms with Gasteiger partial charge in [-0.15, -0.1) is 0 Å². The molecular formula is C19H26N6O4S. The van der Waals surface area contributed by atoms with Gasteiger partial charge in [-0.05, 0) is 12.0 Å². The Morgan fingerprint density at radius 1 is 1.13 bits per heavy atom. The molecule has 0 radical (unpaired) electrons. The third-order valence-electron chi connectivity index (χ3n) is 5.19. The van der Waals surface area contributed by atoms with Gasteiger partial charge in [-0.2, -0.15) is 4.31 Å². The number of amides is 1. The summed E-state index contributed by atoms with van der Waals surface area (Å²) < 4.78 is 26.9. The van der Waals surface area contributed by atoms with Crippen LogP contribution in [0.25, 0.3) is 11.1 Å². The number of hydrogen-bond donors (Lipinski definition) is 2. The first-order valence-corrected chi connectivity index (χ1v) is 11.3. The van der Waals surface area contributed by atoms with Gasteiger partial charge in [0.2, 0.25) is 21.9 Å². The summed E-state index contributed by atoms with van der Waals surface area (Å²) in [5, 5.41) is 8.88. The Labute approximate surface area is 176 Å². The highest BCUT2D eigenvalue weighted by atomic mass is 32.2. The Bertz CT molecular complexity index is 945. The average Bonchev–Trinajstić information content (AvgIpc) is 2.77. The number of aromatic nitrogens is 3. The lowest BCUT2D eigenvalue weighted by Gasteiger charge is -2.34. The molecule has 11 heteroatoms. The molecule has 3 heterocycles. The van der Waals surface area contributed by atoms with E-state index >= 15 is 0 Å². The number of hydrogen-bond acceptors (Lipinski definition) is 8. The SMILES string of the molecule is CC(C)C(CS(=O)(=O)N1CCN(c2ncc(-c3cccnc3)cn2)CC1)C(=O)NO. The van der Waals surface area contributed by atoms with E-state index in [9.17, 15) is 13.2 Å². The minimum atomic E-state index is -3.64. The summed E-state index contributed by atoms with van der Waals surface area (Å²) in [6.07, 6.45) is 6.89. The minimum Gasteiger partial charge on any atom is -0.338 e. The van der Waals surface area contributed by atoms with Crippen molar-refractivity contribution in [2.24, 2.45) is 11.8 Å². The van der Waals surface area contributed by atoms with Gasteiger partial charge in [-0.1, -0.05) is 19.9 Å². The number of pyridine rings is 1. The molecule has 0 aromatic carbocycles. The van der Waals surface area contributed by atoms with Crippen LogP contribution in [-0.2, 0) is 14.8 Å². The highest BCUT2D eigenvalue weighted by Crippen LogP contribution is 2.21. The molecule has 3 rings (SSSR count). The van der Waals surface area contributed by atoms with Crippen molar-refractivity contribution in [2.75, 3.05) is 36.8 Å². The van der Waals surface area contributed by atoms with Crippen molar-refractivity contribution in [3.8, 4) is 11.1 Å². The fraction of sp³-hybridized carbons (Fsp3) is 0.474. The maximum absolute atomic E-state index is 12.8. The third kappa shape index (κ3) is 5.10. The average molecular weight is 435 g/mol. The Morgan fingerprint density at radius 3 is 2.33 bits per heavy atom. The van der Waals surface area contributed by atoms with E-state index in [0.717, 1.165) is 11.1 Å². The number of piperazine rings is 1. The van der Waals surface area contributed by atoms with Gasteiger partial charge in [0.1, 0.15) is 0 Å². The van der Waals surface area contributed by atoms with Gasteiger partial charge in [0.25, 0.3) is 0 Å². The number of sulfonamides is 1. The highest BCUT2D eigenvalue weighted by Gasteiger charge is 2.34. The quantitative estimate of drug-likeness (QED) is 0.483. The number of nitrogens with one attached hydrogen (secondary N) is 1. The van der Waals surface area contributed by atoms with Gasteiger partial charge in [-0.25, -0.2) is 23.9 Å². The molecule has 1 aliphatic heterocycles. The van der Waals surface area contributed by atoms with Gasteiger partial charge >= 0.3 is 0 Å². The van der Waals surface area contributed by atoms with Crippen molar-refractivity contribution in [3.63, 3.8) is 0 Å². The van der Waals surface area contributed by atoms with Crippen molar-refractivity contribution < 1.29 is 18.4 Å². The molecule has 2 aromatic heterocycles. The van der Waals surface area contributed by atoms with Crippen LogP contribution < -0.4 is 10.4 Å². The summed E-state index contributed by atoms with van der Waals surface area (Å²) in [5.41, 5.74) is 3.35. The Morgan fingerprint density at radius 2 is 1.80 bits per heavy atom. The molecular weight excluding hydrogens is 408 g/mol. The van der Waals surface area contributed by atoms with Gasteiger partial charge < -0.3 is 4.90 Å². The second kappa shape index (κ2) is 9.45. The van der Waals surface area contributed by atoms with Crippen molar-refractivity contribution >= 4 is 21.9 Å². The summed E-state index contributed by atoms with van der Waals surface area (Å²) in [5.74, 6) is -1.53. The lowest BCUT2D eigenvalue weighted by molar-refractivity contribution is -0.134. The molecule has 10 nitrogen and oxygen atoms in total. The summed E-state index contributed by atoms with van der Waals surface area (Å²) in [6, 6.07) is 3.77. The van der Waals surface area contributed by atoms with E-state index < -0.39 is 21.8 Å². The highest BCUT2D eigenvalue weighted by molar-refractivity contribution is 7.89. The number of hydroxylamine groups is 1. The normalized spacial score (nSPS) is 16.5. The largest absolute Gasteiger partial charge is 0.338 e. The van der Waals surface area contributed by atoms with E-state index in [2.05, 4.69) is 15.0 Å². The predicted molar refractivity (Wildman–Crippen MR) is 111 cm³/mol. The predicted octanol–water partition coefficient (Wildman–Crippen LogP) is 0.768. The molecule has 1 unspecified atom stereocenters. The van der Waals surface area contributed by atoms with Gasteiger partial charge in [0, 0.05) is 62.1 Å². The van der Waals surface area contributed by atoms with E-state index in [1.807, 2.05) is 17.0 Å². The van der Waals surface area contributed by atoms with E-state index in [1.165, 1.54) is 4.31 Å². The lowest BCUT2D eigenvalue weighted by Crippen LogP contribution is -2.51. The molecule has 1 aliphatic rings. The minimum absolute atomic E-state index is 0.222. The smallest absolute Gasteiger partial charge is 0.247 e. The van der Waals surface area contributed by atoms with Gasteiger partial charge in [0.05, 0.1) is 11.7 Å². The third-order valence-corrected chi connectivity index (χ3v) is 7.12.